The van der Waals surface area contributed by atoms with Gasteiger partial charge in [-0.1, -0.05) is 0 Å². The van der Waals surface area contributed by atoms with E-state index in [-0.39, 0.29) is 22.5 Å². The fourth-order valence-corrected chi connectivity index (χ4v) is 1.67. The number of methoxy groups -OCH3 is 2. The fraction of sp³-hybridized carbons (Fsp3) is 0.200. The molecular weight excluding hydrogens is 224 g/mol. The van der Waals surface area contributed by atoms with E-state index < -0.39 is 0 Å². The molecule has 0 aromatic heterocycles. The molecule has 0 atom stereocenters. The minimum Gasteiger partial charge on any atom is -0.491 e. The molecule has 2 aliphatic rings. The van der Waals surface area contributed by atoms with Gasteiger partial charge in [0.25, 0.3) is 0 Å². The Morgan fingerprint density at radius 2 is 2.00 bits per heavy atom. The van der Waals surface area contributed by atoms with Crippen molar-refractivity contribution in [3.8, 4) is 22.8 Å². The van der Waals surface area contributed by atoms with Crippen LogP contribution in [-0.4, -0.2) is 29.1 Å². The van der Waals surface area contributed by atoms with Gasteiger partial charge in [-0.3, -0.25) is 5.41 Å². The van der Waals surface area contributed by atoms with Gasteiger partial charge in [0.15, 0.2) is 11.5 Å². The predicted octanol–water partition coefficient (Wildman–Crippen LogP) is 0.304. The van der Waals surface area contributed by atoms with Gasteiger partial charge in [0.05, 0.1) is 26.0 Å². The van der Waals surface area contributed by atoms with Gasteiger partial charge in [0.2, 0.25) is 0 Å². The first-order chi connectivity index (χ1) is 8.10. The van der Waals surface area contributed by atoms with Crippen LogP contribution in [0.5, 0.6) is 11.5 Å². The lowest BCUT2D eigenvalue weighted by atomic mass is 10.1. The molecule has 7 nitrogen and oxygen atoms in total. The van der Waals surface area contributed by atoms with Gasteiger partial charge in [-0.05, 0) is 0 Å². The van der Waals surface area contributed by atoms with E-state index in [9.17, 15) is 5.21 Å². The highest BCUT2D eigenvalue weighted by molar-refractivity contribution is 5.81. The highest BCUT2D eigenvalue weighted by Gasteiger charge is 2.21. The number of nitrogens with two attached hydrogens (primary N) is 1. The van der Waals surface area contributed by atoms with Crippen LogP contribution >= 0.6 is 0 Å². The van der Waals surface area contributed by atoms with Crippen molar-refractivity contribution < 1.29 is 14.7 Å². The topological polar surface area (TPSA) is 106 Å². The van der Waals surface area contributed by atoms with Crippen LogP contribution in [0.1, 0.15) is 0 Å². The average Bonchev–Trinajstić information content (AvgIpc) is 2.33. The molecule has 4 N–H and O–H groups in total. The molecule has 0 aromatic carbocycles. The first-order valence-corrected chi connectivity index (χ1v) is 4.75. The van der Waals surface area contributed by atoms with Crippen LogP contribution in [0, 0.1) is 5.41 Å². The van der Waals surface area contributed by atoms with Gasteiger partial charge < -0.3 is 20.4 Å². The second kappa shape index (κ2) is 3.85. The van der Waals surface area contributed by atoms with Crippen molar-refractivity contribution in [3.05, 3.63) is 17.9 Å². The van der Waals surface area contributed by atoms with E-state index in [2.05, 4.69) is 4.98 Å². The second-order valence-corrected chi connectivity index (χ2v) is 3.37. The summed E-state index contributed by atoms with van der Waals surface area (Å²) in [5.41, 5.74) is 6.92. The van der Waals surface area contributed by atoms with Crippen LogP contribution in [0.25, 0.3) is 11.3 Å². The fourth-order valence-electron chi connectivity index (χ4n) is 1.67. The number of nitrogen functional groups attached to an aromatic ring is 1. The van der Waals surface area contributed by atoms with E-state index in [4.69, 9.17) is 20.6 Å². The Labute approximate surface area is 96.8 Å². The number of nitrogens with one attached hydrogen (secondary N) is 1. The highest BCUT2D eigenvalue weighted by atomic mass is 16.5. The monoisotopic (exact) mass is 236 g/mol. The Morgan fingerprint density at radius 3 is 2.59 bits per heavy atom. The molecular formula is C10H12N4O3. The van der Waals surface area contributed by atoms with Crippen molar-refractivity contribution in [1.29, 1.82) is 5.41 Å². The lowest BCUT2D eigenvalue weighted by Crippen LogP contribution is -2.16. The van der Waals surface area contributed by atoms with Gasteiger partial charge in [0.1, 0.15) is 23.1 Å². The van der Waals surface area contributed by atoms with Gasteiger partial charge >= 0.3 is 0 Å². The highest BCUT2D eigenvalue weighted by Crippen LogP contribution is 2.37. The minimum absolute atomic E-state index is 0.0597. The summed E-state index contributed by atoms with van der Waals surface area (Å²) in [5, 5.41) is 17.3. The molecule has 1 heterocycles. The Hall–Kier alpha value is -2.44. The summed E-state index contributed by atoms with van der Waals surface area (Å²) in [6.07, 6.45) is 2.52. The normalized spacial score (nSPS) is 10.5. The molecule has 0 bridgehead atoms. The number of nitrogens with zero attached hydrogens (tertiary/aromatic N) is 2. The smallest absolute Gasteiger partial charge is 0.188 e. The molecule has 2 rings (SSSR count). The van der Waals surface area contributed by atoms with Gasteiger partial charge in [-0.15, -0.1) is 0 Å². The standard InChI is InChI=1S/C10H12N4O3/c1-16-9-6(11)5-3-14(15)4-13-8(5)7(12)10(9)17-2/h3-4,11,15H,12H2,1-2H3. The van der Waals surface area contributed by atoms with Crippen molar-refractivity contribution in [3.63, 3.8) is 0 Å². The molecule has 0 amide bonds. The van der Waals surface area contributed by atoms with Crippen molar-refractivity contribution in [2.24, 2.45) is 0 Å². The van der Waals surface area contributed by atoms with Crippen LogP contribution in [0.2, 0.25) is 0 Å². The van der Waals surface area contributed by atoms with Crippen molar-refractivity contribution in [2.45, 2.75) is 0 Å². The average molecular weight is 236 g/mol. The Morgan fingerprint density at radius 1 is 1.35 bits per heavy atom. The summed E-state index contributed by atoms with van der Waals surface area (Å²) < 4.78 is 10.9. The zero-order valence-corrected chi connectivity index (χ0v) is 9.39. The van der Waals surface area contributed by atoms with E-state index in [1.54, 1.807) is 0 Å². The third-order valence-electron chi connectivity index (χ3n) is 2.43. The molecule has 0 aromatic rings. The molecule has 17 heavy (non-hydrogen) atoms. The number of aromatic nitrogens is 2. The lowest BCUT2D eigenvalue weighted by molar-refractivity contribution is 0.181. The molecule has 1 aliphatic heterocycles. The second-order valence-electron chi connectivity index (χ2n) is 3.37. The van der Waals surface area contributed by atoms with Crippen LogP contribution in [-0.2, 0) is 0 Å². The van der Waals surface area contributed by atoms with E-state index in [1.165, 1.54) is 26.7 Å². The zero-order chi connectivity index (χ0) is 12.6. The SMILES string of the molecule is COc1c(N)c2ncn(O)cc-2c(=N)c1OC. The molecule has 7 heteroatoms. The number of benzene rings is 1. The first-order valence-electron chi connectivity index (χ1n) is 4.75. The summed E-state index contributed by atoms with van der Waals surface area (Å²) in [4.78, 5) is 3.96. The Balaban J connectivity index is 2.94. The third-order valence-corrected chi connectivity index (χ3v) is 2.43. The summed E-state index contributed by atoms with van der Waals surface area (Å²) in [7, 11) is 2.86. The molecule has 0 saturated heterocycles. The lowest BCUT2D eigenvalue weighted by Gasteiger charge is -2.16. The van der Waals surface area contributed by atoms with Crippen molar-refractivity contribution in [2.75, 3.05) is 20.0 Å². The van der Waals surface area contributed by atoms with Gasteiger partial charge in [-0.25, -0.2) is 4.98 Å². The molecule has 1 aliphatic carbocycles. The maximum atomic E-state index is 9.29. The third kappa shape index (κ3) is 1.52. The number of anilines is 1. The van der Waals surface area contributed by atoms with Crippen LogP contribution in [0.4, 0.5) is 5.69 Å². The number of rotatable bonds is 2. The van der Waals surface area contributed by atoms with Crippen LogP contribution in [0.15, 0.2) is 12.5 Å². The molecule has 0 fully saturated rings. The summed E-state index contributed by atoms with van der Waals surface area (Å²) in [5.74, 6) is 0.485. The zero-order valence-electron chi connectivity index (χ0n) is 9.39. The number of ether oxygens (including phenoxy) is 2. The van der Waals surface area contributed by atoms with Gasteiger partial charge in [-0.2, -0.15) is 4.73 Å². The summed E-state index contributed by atoms with van der Waals surface area (Å²) >= 11 is 0. The van der Waals surface area contributed by atoms with Gasteiger partial charge in [0, 0.05) is 0 Å². The number of hydrogen-bond donors (Lipinski definition) is 3. The summed E-state index contributed by atoms with van der Waals surface area (Å²) in [6, 6.07) is 0. The predicted molar refractivity (Wildman–Crippen MR) is 59.4 cm³/mol. The summed E-state index contributed by atoms with van der Waals surface area (Å²) in [6.45, 7) is 0. The molecule has 0 spiro atoms. The largest absolute Gasteiger partial charge is 0.491 e. The molecule has 0 radical (unpaired) electrons. The first kappa shape index (κ1) is 11.1. The van der Waals surface area contributed by atoms with Crippen molar-refractivity contribution >= 4 is 5.69 Å². The number of fused-ring (bicyclic) bond motifs is 1. The molecule has 0 unspecified atom stereocenters. The van der Waals surface area contributed by atoms with Crippen LogP contribution in [0.3, 0.4) is 0 Å². The maximum Gasteiger partial charge on any atom is 0.188 e. The van der Waals surface area contributed by atoms with Crippen LogP contribution < -0.4 is 20.6 Å². The van der Waals surface area contributed by atoms with E-state index in [1.807, 2.05) is 0 Å². The minimum atomic E-state index is 0.0597. The van der Waals surface area contributed by atoms with Crippen molar-refractivity contribution in [1.82, 2.24) is 9.71 Å². The molecule has 90 valence electrons. The van der Waals surface area contributed by atoms with E-state index in [0.717, 1.165) is 4.73 Å². The maximum absolute atomic E-state index is 9.29. The number of hydrogen-bond acceptors (Lipinski definition) is 6. The van der Waals surface area contributed by atoms with E-state index in [0.29, 0.717) is 11.3 Å². The van der Waals surface area contributed by atoms with E-state index >= 15 is 0 Å². The Bertz CT molecular complexity index is 593. The molecule has 0 saturated carbocycles. The quantitative estimate of drug-likeness (QED) is 0.513. The Kier molecular flexibility index (Phi) is 2.51.